The zero-order valence-electron chi connectivity index (χ0n) is 18.1. The van der Waals surface area contributed by atoms with Crippen LogP contribution in [0.2, 0.25) is 0 Å². The number of hydrogen-bond donors (Lipinski definition) is 2. The summed E-state index contributed by atoms with van der Waals surface area (Å²) in [6.45, 7) is 6.78. The Morgan fingerprint density at radius 1 is 1.23 bits per heavy atom. The number of fused-ring (bicyclic) bond motifs is 2. The molecule has 1 amide bonds. The minimum atomic E-state index is -0.666. The van der Waals surface area contributed by atoms with Gasteiger partial charge in [-0.25, -0.2) is 0 Å². The van der Waals surface area contributed by atoms with Crippen molar-refractivity contribution >= 4 is 22.8 Å². The van der Waals surface area contributed by atoms with Gasteiger partial charge in [0.25, 0.3) is 0 Å². The highest BCUT2D eigenvalue weighted by atomic mass is 16.6. The van der Waals surface area contributed by atoms with Crippen molar-refractivity contribution in [2.45, 2.75) is 58.7 Å². The maximum Gasteiger partial charge on any atom is 0.311 e. The van der Waals surface area contributed by atoms with Crippen LogP contribution in [0.3, 0.4) is 0 Å². The number of esters is 1. The number of likely N-dealkylation sites (tertiary alicyclic amines) is 1. The Bertz CT molecular complexity index is 929. The maximum absolute atomic E-state index is 12.8. The zero-order valence-corrected chi connectivity index (χ0v) is 18.1. The van der Waals surface area contributed by atoms with Gasteiger partial charge < -0.3 is 19.7 Å². The molecule has 30 heavy (non-hydrogen) atoms. The summed E-state index contributed by atoms with van der Waals surface area (Å²) >= 11 is 0. The lowest BCUT2D eigenvalue weighted by Gasteiger charge is -2.45. The Balaban J connectivity index is 1.36. The number of H-pyrrole nitrogens is 1. The summed E-state index contributed by atoms with van der Waals surface area (Å²) in [4.78, 5) is 30.3. The number of aliphatic hydroxyl groups is 1. The fourth-order valence-corrected chi connectivity index (χ4v) is 4.76. The largest absolute Gasteiger partial charge is 0.459 e. The lowest BCUT2D eigenvalue weighted by molar-refractivity contribution is -0.172. The standard InChI is InChI=1S/C24H32N2O4/c1-24(2,3)23(29)30-21-11-16-12-22(28)26(14-17(16)10-20(21)27)9-8-15-13-25-19-7-5-4-6-18(15)19/h4-7,13,16-17,20-21,25,27H,8-12,14H2,1-3H3/t16-,17-,20+,21-/m0/s1. The number of carbonyl (C=O) groups excluding carboxylic acids is 2. The first-order chi connectivity index (χ1) is 14.2. The monoisotopic (exact) mass is 412 g/mol. The number of aromatic nitrogens is 1. The van der Waals surface area contributed by atoms with E-state index < -0.39 is 17.6 Å². The Kier molecular flexibility index (Phi) is 5.62. The summed E-state index contributed by atoms with van der Waals surface area (Å²) in [5.74, 6) is 0.286. The topological polar surface area (TPSA) is 82.6 Å². The number of nitrogens with one attached hydrogen (secondary N) is 1. The molecule has 1 aromatic carbocycles. The van der Waals surface area contributed by atoms with Crippen LogP contribution in [0.5, 0.6) is 0 Å². The minimum absolute atomic E-state index is 0.161. The number of hydrogen-bond acceptors (Lipinski definition) is 4. The van der Waals surface area contributed by atoms with Crippen LogP contribution in [0.25, 0.3) is 10.9 Å². The molecule has 4 rings (SSSR count). The Hall–Kier alpha value is -2.34. The summed E-state index contributed by atoms with van der Waals surface area (Å²) in [6.07, 6.45) is 3.26. The molecule has 0 spiro atoms. The van der Waals surface area contributed by atoms with Crippen molar-refractivity contribution < 1.29 is 19.4 Å². The van der Waals surface area contributed by atoms with Gasteiger partial charge in [0.2, 0.25) is 5.91 Å². The van der Waals surface area contributed by atoms with Crippen LogP contribution in [0.4, 0.5) is 0 Å². The molecular formula is C24H32N2O4. The highest BCUT2D eigenvalue weighted by Gasteiger charge is 2.44. The van der Waals surface area contributed by atoms with E-state index in [9.17, 15) is 14.7 Å². The average Bonchev–Trinajstić information content (AvgIpc) is 3.10. The lowest BCUT2D eigenvalue weighted by atomic mass is 9.72. The van der Waals surface area contributed by atoms with E-state index in [4.69, 9.17) is 4.74 Å². The summed E-state index contributed by atoms with van der Waals surface area (Å²) in [5, 5.41) is 11.8. The van der Waals surface area contributed by atoms with Gasteiger partial charge in [-0.3, -0.25) is 9.59 Å². The normalized spacial score (nSPS) is 27.2. The number of aromatic amines is 1. The third-order valence-electron chi connectivity index (χ3n) is 6.62. The van der Waals surface area contributed by atoms with Crippen LogP contribution < -0.4 is 0 Å². The molecule has 4 atom stereocenters. The van der Waals surface area contributed by atoms with Crippen LogP contribution in [0.15, 0.2) is 30.5 Å². The number of piperidine rings is 1. The van der Waals surface area contributed by atoms with Crippen LogP contribution in [0, 0.1) is 17.3 Å². The van der Waals surface area contributed by atoms with Crippen LogP contribution in [0.1, 0.15) is 45.6 Å². The lowest BCUT2D eigenvalue weighted by Crippen LogP contribution is -2.52. The molecule has 0 bridgehead atoms. The third kappa shape index (κ3) is 4.24. The first-order valence-corrected chi connectivity index (χ1v) is 10.9. The summed E-state index contributed by atoms with van der Waals surface area (Å²) in [7, 11) is 0. The van der Waals surface area contributed by atoms with Crippen LogP contribution >= 0.6 is 0 Å². The van der Waals surface area contributed by atoms with Gasteiger partial charge in [0.1, 0.15) is 6.10 Å². The summed E-state index contributed by atoms with van der Waals surface area (Å²) < 4.78 is 5.60. The number of rotatable bonds is 4. The number of amides is 1. The highest BCUT2D eigenvalue weighted by Crippen LogP contribution is 2.39. The van der Waals surface area contributed by atoms with Crippen molar-refractivity contribution in [3.05, 3.63) is 36.0 Å². The highest BCUT2D eigenvalue weighted by molar-refractivity contribution is 5.83. The smallest absolute Gasteiger partial charge is 0.311 e. The van der Waals surface area contributed by atoms with Gasteiger partial charge in [-0.05, 0) is 63.5 Å². The summed E-state index contributed by atoms with van der Waals surface area (Å²) in [6, 6.07) is 8.20. The predicted octanol–water partition coefficient (Wildman–Crippen LogP) is 3.29. The van der Waals surface area contributed by atoms with Gasteiger partial charge in [-0.1, -0.05) is 18.2 Å². The molecule has 6 heteroatoms. The van der Waals surface area contributed by atoms with Gasteiger partial charge in [0.05, 0.1) is 11.5 Å². The van der Waals surface area contributed by atoms with Crippen molar-refractivity contribution in [3.8, 4) is 0 Å². The van der Waals surface area contributed by atoms with Gasteiger partial charge in [-0.2, -0.15) is 0 Å². The van der Waals surface area contributed by atoms with E-state index >= 15 is 0 Å². The molecule has 1 saturated carbocycles. The van der Waals surface area contributed by atoms with Crippen molar-refractivity contribution in [3.63, 3.8) is 0 Å². The molecular weight excluding hydrogens is 380 g/mol. The second kappa shape index (κ2) is 8.06. The minimum Gasteiger partial charge on any atom is -0.459 e. The first kappa shape index (κ1) is 20.9. The van der Waals surface area contributed by atoms with E-state index in [1.807, 2.05) is 44.0 Å². The molecule has 2 N–H and O–H groups in total. The Morgan fingerprint density at radius 3 is 2.77 bits per heavy atom. The van der Waals surface area contributed by atoms with Gasteiger partial charge in [0, 0.05) is 36.6 Å². The SMILES string of the molecule is CC(C)(C)C(=O)O[C@H]1C[C@H]2CC(=O)N(CCc3c[nH]c4ccccc34)C[C@@H]2C[C@H]1O. The molecule has 1 aliphatic carbocycles. The Labute approximate surface area is 177 Å². The van der Waals surface area contributed by atoms with Crippen LogP contribution in [-0.2, 0) is 20.7 Å². The fraction of sp³-hybridized carbons (Fsp3) is 0.583. The molecule has 2 aromatic rings. The molecule has 1 saturated heterocycles. The van der Waals surface area contributed by atoms with Crippen LogP contribution in [-0.4, -0.2) is 52.2 Å². The zero-order chi connectivity index (χ0) is 21.5. The van der Waals surface area contributed by atoms with Crippen molar-refractivity contribution in [1.29, 1.82) is 0 Å². The average molecular weight is 413 g/mol. The first-order valence-electron chi connectivity index (χ1n) is 10.9. The molecule has 2 fully saturated rings. The van der Waals surface area contributed by atoms with Crippen molar-refractivity contribution in [2.75, 3.05) is 13.1 Å². The van der Waals surface area contributed by atoms with E-state index in [1.54, 1.807) is 0 Å². The van der Waals surface area contributed by atoms with E-state index in [0.717, 1.165) is 11.9 Å². The van der Waals surface area contributed by atoms with E-state index in [2.05, 4.69) is 17.1 Å². The summed E-state index contributed by atoms with van der Waals surface area (Å²) in [5.41, 5.74) is 1.74. The van der Waals surface area contributed by atoms with E-state index in [0.29, 0.717) is 32.4 Å². The second-order valence-electron chi connectivity index (χ2n) is 9.91. The van der Waals surface area contributed by atoms with Gasteiger partial charge >= 0.3 is 5.97 Å². The Morgan fingerprint density at radius 2 is 2.00 bits per heavy atom. The maximum atomic E-state index is 12.8. The predicted molar refractivity (Wildman–Crippen MR) is 115 cm³/mol. The molecule has 2 heterocycles. The second-order valence-corrected chi connectivity index (χ2v) is 9.91. The molecule has 0 radical (unpaired) electrons. The molecule has 0 unspecified atom stereocenters. The fourth-order valence-electron chi connectivity index (χ4n) is 4.76. The molecule has 1 aromatic heterocycles. The number of para-hydroxylation sites is 1. The van der Waals surface area contributed by atoms with E-state index in [1.165, 1.54) is 10.9 Å². The number of ether oxygens (including phenoxy) is 1. The quantitative estimate of drug-likeness (QED) is 0.755. The van der Waals surface area contributed by atoms with Crippen molar-refractivity contribution in [1.82, 2.24) is 9.88 Å². The molecule has 6 nitrogen and oxygen atoms in total. The number of benzene rings is 1. The third-order valence-corrected chi connectivity index (χ3v) is 6.62. The van der Waals surface area contributed by atoms with Gasteiger partial charge in [-0.15, -0.1) is 0 Å². The van der Waals surface area contributed by atoms with Crippen molar-refractivity contribution in [2.24, 2.45) is 17.3 Å². The van der Waals surface area contributed by atoms with Gasteiger partial charge in [0.15, 0.2) is 0 Å². The van der Waals surface area contributed by atoms with E-state index in [-0.39, 0.29) is 23.7 Å². The molecule has 162 valence electrons. The number of carbonyl (C=O) groups is 2. The molecule has 2 aliphatic rings. The number of nitrogens with zero attached hydrogens (tertiary/aromatic N) is 1. The number of aliphatic hydroxyl groups excluding tert-OH is 1. The molecule has 1 aliphatic heterocycles.